The number of aromatic amines is 1. The number of ether oxygens (including phenoxy) is 2. The Morgan fingerprint density at radius 1 is 1.17 bits per heavy atom. The van der Waals surface area contributed by atoms with Gasteiger partial charge in [0.2, 0.25) is 0 Å². The molecule has 1 N–H and O–H groups in total. The van der Waals surface area contributed by atoms with E-state index in [-0.39, 0.29) is 18.7 Å². The molecule has 1 saturated heterocycles. The first-order valence-electron chi connectivity index (χ1n) is 9.44. The number of aromatic nitrogens is 4. The normalized spacial score (nSPS) is 17.8. The Labute approximate surface area is 170 Å². The molecule has 0 aliphatic carbocycles. The van der Waals surface area contributed by atoms with Crippen molar-refractivity contribution >= 4 is 0 Å². The highest BCUT2D eigenvalue weighted by molar-refractivity contribution is 5.54. The average Bonchev–Trinajstić information content (AvgIpc) is 3.21. The number of rotatable bonds is 6. The summed E-state index contributed by atoms with van der Waals surface area (Å²) in [6.07, 6.45) is -2.00. The molecule has 0 spiro atoms. The number of nitrogens with one attached hydrogen (secondary N) is 1. The third-order valence-electron chi connectivity index (χ3n) is 4.61. The zero-order valence-electron chi connectivity index (χ0n) is 16.0. The van der Waals surface area contributed by atoms with Crippen LogP contribution in [0.5, 0.6) is 6.01 Å². The van der Waals surface area contributed by atoms with Crippen LogP contribution in [0.2, 0.25) is 0 Å². The number of H-pyrrole nitrogens is 1. The van der Waals surface area contributed by atoms with Crippen molar-refractivity contribution < 1.29 is 22.6 Å². The molecule has 1 atom stereocenters. The van der Waals surface area contributed by atoms with Crippen molar-refractivity contribution in [3.8, 4) is 17.4 Å². The highest BCUT2D eigenvalue weighted by Crippen LogP contribution is 2.28. The van der Waals surface area contributed by atoms with E-state index in [9.17, 15) is 13.2 Å². The van der Waals surface area contributed by atoms with Crippen LogP contribution in [0.1, 0.15) is 11.4 Å². The molecule has 10 heteroatoms. The molecule has 0 radical (unpaired) electrons. The molecule has 30 heavy (non-hydrogen) atoms. The molecular formula is C20H20F3N5O2. The van der Waals surface area contributed by atoms with E-state index < -0.39 is 11.9 Å². The lowest BCUT2D eigenvalue weighted by molar-refractivity contribution is -0.141. The molecule has 1 aliphatic rings. The van der Waals surface area contributed by atoms with E-state index in [1.165, 1.54) is 0 Å². The molecule has 158 valence electrons. The van der Waals surface area contributed by atoms with E-state index in [2.05, 4.69) is 24.8 Å². The van der Waals surface area contributed by atoms with Gasteiger partial charge in [0, 0.05) is 43.3 Å². The molecule has 1 fully saturated rings. The third kappa shape index (κ3) is 5.14. The fourth-order valence-electron chi connectivity index (χ4n) is 3.18. The van der Waals surface area contributed by atoms with Crippen LogP contribution in [0.25, 0.3) is 11.4 Å². The molecule has 2 aromatic heterocycles. The van der Waals surface area contributed by atoms with Gasteiger partial charge in [-0.2, -0.15) is 18.2 Å². The van der Waals surface area contributed by atoms with Gasteiger partial charge in [0.25, 0.3) is 0 Å². The lowest BCUT2D eigenvalue weighted by Crippen LogP contribution is -2.44. The van der Waals surface area contributed by atoms with Crippen LogP contribution in [0, 0.1) is 0 Å². The molecule has 1 aromatic carbocycles. The number of morpholine rings is 1. The zero-order valence-corrected chi connectivity index (χ0v) is 16.0. The van der Waals surface area contributed by atoms with Crippen LogP contribution in [-0.2, 0) is 17.5 Å². The van der Waals surface area contributed by atoms with Gasteiger partial charge in [0.05, 0.1) is 6.61 Å². The maximum Gasteiger partial charge on any atom is 0.433 e. The molecular weight excluding hydrogens is 399 g/mol. The van der Waals surface area contributed by atoms with Crippen molar-refractivity contribution in [2.45, 2.75) is 18.8 Å². The van der Waals surface area contributed by atoms with Gasteiger partial charge in [-0.05, 0) is 6.07 Å². The summed E-state index contributed by atoms with van der Waals surface area (Å²) >= 11 is 0. The molecule has 3 aromatic rings. The largest absolute Gasteiger partial charge is 0.461 e. The van der Waals surface area contributed by atoms with E-state index in [0.717, 1.165) is 35.9 Å². The van der Waals surface area contributed by atoms with E-state index in [1.54, 1.807) is 6.20 Å². The fourth-order valence-corrected chi connectivity index (χ4v) is 3.18. The van der Waals surface area contributed by atoms with Crippen LogP contribution in [-0.4, -0.2) is 57.2 Å². The van der Waals surface area contributed by atoms with Gasteiger partial charge in [-0.25, -0.2) is 9.97 Å². The van der Waals surface area contributed by atoms with Gasteiger partial charge in [-0.1, -0.05) is 30.3 Å². The number of hydrogen-bond acceptors (Lipinski definition) is 6. The zero-order chi connectivity index (χ0) is 21.0. The second-order valence-electron chi connectivity index (χ2n) is 6.88. The Morgan fingerprint density at radius 2 is 2.00 bits per heavy atom. The predicted octanol–water partition coefficient (Wildman–Crippen LogP) is 3.17. The Kier molecular flexibility index (Phi) is 5.96. The second-order valence-corrected chi connectivity index (χ2v) is 6.88. The summed E-state index contributed by atoms with van der Waals surface area (Å²) in [6.45, 7) is 2.52. The van der Waals surface area contributed by atoms with Gasteiger partial charge in [-0.3, -0.25) is 4.90 Å². The molecule has 3 heterocycles. The van der Waals surface area contributed by atoms with Gasteiger partial charge in [0.15, 0.2) is 5.69 Å². The van der Waals surface area contributed by atoms with Crippen LogP contribution in [0.15, 0.2) is 48.8 Å². The quantitative estimate of drug-likeness (QED) is 0.662. The Balaban J connectivity index is 1.31. The summed E-state index contributed by atoms with van der Waals surface area (Å²) in [4.78, 5) is 17.1. The van der Waals surface area contributed by atoms with Gasteiger partial charge >= 0.3 is 12.2 Å². The van der Waals surface area contributed by atoms with E-state index in [1.807, 2.05) is 30.3 Å². The smallest absolute Gasteiger partial charge is 0.433 e. The first kappa shape index (κ1) is 20.3. The Bertz CT molecular complexity index is 964. The van der Waals surface area contributed by atoms with Crippen LogP contribution < -0.4 is 4.74 Å². The van der Waals surface area contributed by atoms with Crippen LogP contribution >= 0.6 is 0 Å². The topological polar surface area (TPSA) is 76.2 Å². The minimum atomic E-state index is -4.54. The maximum absolute atomic E-state index is 12.7. The molecule has 7 nitrogen and oxygen atoms in total. The van der Waals surface area contributed by atoms with Crippen LogP contribution in [0.3, 0.4) is 0 Å². The highest BCUT2D eigenvalue weighted by Gasteiger charge is 2.33. The first-order chi connectivity index (χ1) is 14.5. The van der Waals surface area contributed by atoms with E-state index in [0.29, 0.717) is 19.7 Å². The minimum absolute atomic E-state index is 0.0655. The minimum Gasteiger partial charge on any atom is -0.461 e. The summed E-state index contributed by atoms with van der Waals surface area (Å²) in [5, 5.41) is 0. The summed E-state index contributed by atoms with van der Waals surface area (Å²) in [5.41, 5.74) is 0.946. The average molecular weight is 419 g/mol. The van der Waals surface area contributed by atoms with E-state index >= 15 is 0 Å². The van der Waals surface area contributed by atoms with Crippen LogP contribution in [0.4, 0.5) is 13.2 Å². The van der Waals surface area contributed by atoms with Crippen molar-refractivity contribution in [2.75, 3.05) is 26.3 Å². The van der Waals surface area contributed by atoms with Crippen molar-refractivity contribution in [2.24, 2.45) is 0 Å². The maximum atomic E-state index is 12.7. The van der Waals surface area contributed by atoms with Gasteiger partial charge in [0.1, 0.15) is 18.5 Å². The summed E-state index contributed by atoms with van der Waals surface area (Å²) in [7, 11) is 0. The van der Waals surface area contributed by atoms with E-state index in [4.69, 9.17) is 9.47 Å². The predicted molar refractivity (Wildman–Crippen MR) is 102 cm³/mol. The number of hydrogen-bond donors (Lipinski definition) is 1. The van der Waals surface area contributed by atoms with Crippen molar-refractivity contribution in [3.63, 3.8) is 0 Å². The number of alkyl halides is 3. The van der Waals surface area contributed by atoms with Gasteiger partial charge < -0.3 is 14.5 Å². The molecule has 0 amide bonds. The lowest BCUT2D eigenvalue weighted by Gasteiger charge is -2.32. The lowest BCUT2D eigenvalue weighted by atomic mass is 10.2. The third-order valence-corrected chi connectivity index (χ3v) is 4.61. The van der Waals surface area contributed by atoms with Crippen molar-refractivity contribution in [1.29, 1.82) is 0 Å². The second kappa shape index (κ2) is 8.80. The fraction of sp³-hybridized carbons (Fsp3) is 0.350. The number of nitrogens with zero attached hydrogens (tertiary/aromatic N) is 4. The monoisotopic (exact) mass is 419 g/mol. The first-order valence-corrected chi connectivity index (χ1v) is 9.44. The SMILES string of the molecule is FC(F)(F)c1ccnc(OCC2CN(Cc3cnc(-c4ccccc4)[nH]3)CCO2)n1. The molecule has 0 bridgehead atoms. The number of halogens is 3. The molecule has 1 aliphatic heterocycles. The molecule has 1 unspecified atom stereocenters. The molecule has 4 rings (SSSR count). The summed E-state index contributed by atoms with van der Waals surface area (Å²) in [5.74, 6) is 0.806. The standard InChI is InChI=1S/C20H20F3N5O2/c21-20(22,23)17-6-7-24-19(27-17)30-13-16-12-28(8-9-29-16)11-15-10-25-18(26-15)14-4-2-1-3-5-14/h1-7,10,16H,8-9,11-13H2,(H,25,26). The summed E-state index contributed by atoms with van der Waals surface area (Å²) < 4.78 is 49.3. The van der Waals surface area contributed by atoms with Crippen molar-refractivity contribution in [1.82, 2.24) is 24.8 Å². The van der Waals surface area contributed by atoms with Gasteiger partial charge in [-0.15, -0.1) is 0 Å². The van der Waals surface area contributed by atoms with Crippen molar-refractivity contribution in [3.05, 3.63) is 60.2 Å². The number of imidazole rings is 1. The summed E-state index contributed by atoms with van der Waals surface area (Å²) in [6, 6.07) is 10.3. The highest BCUT2D eigenvalue weighted by atomic mass is 19.4. The molecule has 0 saturated carbocycles. The Hall–Kier alpha value is -2.98. The number of benzene rings is 1. The Morgan fingerprint density at radius 3 is 2.80 bits per heavy atom.